The number of aromatic hydroxyl groups is 1. The third kappa shape index (κ3) is 5.97. The topological polar surface area (TPSA) is 107 Å². The molecule has 7 nitrogen and oxygen atoms in total. The van der Waals surface area contributed by atoms with Crippen LogP contribution in [0.2, 0.25) is 0 Å². The van der Waals surface area contributed by atoms with Crippen LogP contribution in [0.3, 0.4) is 0 Å². The molecule has 0 bridgehead atoms. The Balaban J connectivity index is 1.63. The SMILES string of the molecule is CCCNCc1cc2cc(CC(O)(CC(C)(C)c3cc(-c4cncnc4)ccc3O)C(F)(F)F)[nH]c2cn1. The molecule has 1 atom stereocenters. The molecule has 0 amide bonds. The first-order chi connectivity index (χ1) is 17.9. The molecule has 4 N–H and O–H groups in total. The Morgan fingerprint density at radius 3 is 2.42 bits per heavy atom. The molecule has 4 rings (SSSR count). The zero-order chi connectivity index (χ0) is 27.6. The van der Waals surface area contributed by atoms with E-state index in [1.807, 2.05) is 6.07 Å². The molecule has 1 unspecified atom stereocenters. The number of nitrogens with one attached hydrogen (secondary N) is 2. The number of nitrogens with zero attached hydrogens (tertiary/aromatic N) is 3. The highest BCUT2D eigenvalue weighted by atomic mass is 19.4. The Bertz CT molecular complexity index is 1390. The maximum atomic E-state index is 14.4. The number of hydrogen-bond acceptors (Lipinski definition) is 6. The number of aromatic nitrogens is 4. The number of hydrogen-bond donors (Lipinski definition) is 4. The molecule has 0 aliphatic rings. The molecule has 0 aliphatic heterocycles. The summed E-state index contributed by atoms with van der Waals surface area (Å²) in [4.78, 5) is 15.3. The van der Waals surface area contributed by atoms with Crippen molar-refractivity contribution in [2.24, 2.45) is 0 Å². The molecule has 0 saturated carbocycles. The van der Waals surface area contributed by atoms with E-state index in [0.29, 0.717) is 23.2 Å². The van der Waals surface area contributed by atoms with Crippen LogP contribution in [0.5, 0.6) is 5.75 Å². The highest BCUT2D eigenvalue weighted by Crippen LogP contribution is 2.45. The minimum atomic E-state index is -4.92. The summed E-state index contributed by atoms with van der Waals surface area (Å²) in [5, 5.41) is 25.7. The fourth-order valence-electron chi connectivity index (χ4n) is 4.83. The summed E-state index contributed by atoms with van der Waals surface area (Å²) in [6, 6.07) is 8.15. The molecular formula is C28H32F3N5O2. The predicted octanol–water partition coefficient (Wildman–Crippen LogP) is 5.43. The van der Waals surface area contributed by atoms with Gasteiger partial charge in [0.1, 0.15) is 12.1 Å². The largest absolute Gasteiger partial charge is 0.508 e. The Hall–Kier alpha value is -3.50. The molecule has 0 aliphatic carbocycles. The molecule has 0 fully saturated rings. The average Bonchev–Trinajstić information content (AvgIpc) is 3.25. The molecular weight excluding hydrogens is 495 g/mol. The van der Waals surface area contributed by atoms with Gasteiger partial charge in [0, 0.05) is 47.6 Å². The van der Waals surface area contributed by atoms with E-state index in [4.69, 9.17) is 0 Å². The minimum absolute atomic E-state index is 0.152. The van der Waals surface area contributed by atoms with Crippen LogP contribution in [0, 0.1) is 0 Å². The smallest absolute Gasteiger partial charge is 0.417 e. The first-order valence-electron chi connectivity index (χ1n) is 12.5. The van der Waals surface area contributed by atoms with E-state index >= 15 is 0 Å². The van der Waals surface area contributed by atoms with Crippen molar-refractivity contribution in [2.75, 3.05) is 6.54 Å². The highest BCUT2D eigenvalue weighted by molar-refractivity contribution is 5.80. The van der Waals surface area contributed by atoms with Gasteiger partial charge >= 0.3 is 6.18 Å². The first-order valence-corrected chi connectivity index (χ1v) is 12.5. The van der Waals surface area contributed by atoms with Crippen LogP contribution < -0.4 is 5.32 Å². The summed E-state index contributed by atoms with van der Waals surface area (Å²) in [7, 11) is 0. The number of aromatic amines is 1. The number of phenolic OH excluding ortho intramolecular Hbond substituents is 1. The molecule has 38 heavy (non-hydrogen) atoms. The summed E-state index contributed by atoms with van der Waals surface area (Å²) < 4.78 is 43.2. The van der Waals surface area contributed by atoms with Crippen LogP contribution in [-0.2, 0) is 18.4 Å². The van der Waals surface area contributed by atoms with E-state index in [0.717, 1.165) is 24.0 Å². The molecule has 10 heteroatoms. The molecule has 3 aromatic heterocycles. The van der Waals surface area contributed by atoms with E-state index in [2.05, 4.69) is 32.2 Å². The predicted molar refractivity (Wildman–Crippen MR) is 140 cm³/mol. The lowest BCUT2D eigenvalue weighted by molar-refractivity contribution is -0.266. The Morgan fingerprint density at radius 1 is 1.00 bits per heavy atom. The van der Waals surface area contributed by atoms with Crippen LogP contribution >= 0.6 is 0 Å². The van der Waals surface area contributed by atoms with E-state index in [1.165, 1.54) is 12.4 Å². The van der Waals surface area contributed by atoms with Crippen molar-refractivity contribution in [1.29, 1.82) is 0 Å². The van der Waals surface area contributed by atoms with Gasteiger partial charge in [0.05, 0.1) is 17.4 Å². The number of H-pyrrole nitrogens is 1. The summed E-state index contributed by atoms with van der Waals surface area (Å²) in [5.41, 5.74) is -1.09. The maximum Gasteiger partial charge on any atom is 0.417 e. The monoisotopic (exact) mass is 527 g/mol. The second-order valence-electron chi connectivity index (χ2n) is 10.4. The molecule has 0 radical (unpaired) electrons. The van der Waals surface area contributed by atoms with E-state index in [1.54, 1.807) is 50.6 Å². The van der Waals surface area contributed by atoms with Crippen molar-refractivity contribution in [3.63, 3.8) is 0 Å². The number of halogens is 3. The molecule has 202 valence electrons. The highest BCUT2D eigenvalue weighted by Gasteiger charge is 2.56. The first kappa shape index (κ1) is 27.5. The lowest BCUT2D eigenvalue weighted by atomic mass is 9.72. The van der Waals surface area contributed by atoms with Gasteiger partial charge < -0.3 is 20.5 Å². The van der Waals surface area contributed by atoms with Crippen molar-refractivity contribution < 1.29 is 23.4 Å². The van der Waals surface area contributed by atoms with Crippen LogP contribution in [0.4, 0.5) is 13.2 Å². The van der Waals surface area contributed by atoms with Gasteiger partial charge in [0.25, 0.3) is 0 Å². The van der Waals surface area contributed by atoms with E-state index in [9.17, 15) is 23.4 Å². The maximum absolute atomic E-state index is 14.4. The van der Waals surface area contributed by atoms with Crippen molar-refractivity contribution in [3.8, 4) is 16.9 Å². The lowest BCUT2D eigenvalue weighted by Crippen LogP contribution is -2.50. The van der Waals surface area contributed by atoms with Gasteiger partial charge in [-0.25, -0.2) is 9.97 Å². The normalized spacial score (nSPS) is 14.1. The fraction of sp³-hybridized carbons (Fsp3) is 0.393. The van der Waals surface area contributed by atoms with Crippen LogP contribution in [0.1, 0.15) is 50.6 Å². The average molecular weight is 528 g/mol. The molecule has 0 spiro atoms. The summed E-state index contributed by atoms with van der Waals surface area (Å²) in [6.07, 6.45) is 0.839. The molecule has 1 aromatic carbocycles. The number of fused-ring (bicyclic) bond motifs is 1. The number of aliphatic hydroxyl groups is 1. The number of phenols is 1. The number of benzene rings is 1. The van der Waals surface area contributed by atoms with Crippen molar-refractivity contribution >= 4 is 10.9 Å². The van der Waals surface area contributed by atoms with Gasteiger partial charge in [0.2, 0.25) is 0 Å². The molecule has 3 heterocycles. The second-order valence-corrected chi connectivity index (χ2v) is 10.4. The van der Waals surface area contributed by atoms with Gasteiger partial charge in [-0.15, -0.1) is 0 Å². The quantitative estimate of drug-likeness (QED) is 0.205. The summed E-state index contributed by atoms with van der Waals surface area (Å²) >= 11 is 0. The van der Waals surface area contributed by atoms with Gasteiger partial charge in [-0.2, -0.15) is 13.2 Å². The Labute approximate surface area is 219 Å². The molecule has 0 saturated heterocycles. The van der Waals surface area contributed by atoms with Gasteiger partial charge in [-0.1, -0.05) is 26.8 Å². The van der Waals surface area contributed by atoms with Gasteiger partial charge in [-0.05, 0) is 54.6 Å². The zero-order valence-electron chi connectivity index (χ0n) is 21.6. The van der Waals surface area contributed by atoms with Crippen LogP contribution in [-0.4, -0.2) is 48.5 Å². The Kier molecular flexibility index (Phi) is 7.75. The van der Waals surface area contributed by atoms with Gasteiger partial charge in [0.15, 0.2) is 5.60 Å². The Morgan fingerprint density at radius 2 is 1.74 bits per heavy atom. The van der Waals surface area contributed by atoms with E-state index in [-0.39, 0.29) is 17.0 Å². The number of alkyl halides is 3. The third-order valence-corrected chi connectivity index (χ3v) is 6.71. The van der Waals surface area contributed by atoms with E-state index < -0.39 is 30.0 Å². The second kappa shape index (κ2) is 10.7. The van der Waals surface area contributed by atoms with Crippen molar-refractivity contribution in [3.05, 3.63) is 72.2 Å². The summed E-state index contributed by atoms with van der Waals surface area (Å²) in [5.74, 6) is -0.152. The van der Waals surface area contributed by atoms with Crippen molar-refractivity contribution in [1.82, 2.24) is 25.3 Å². The number of pyridine rings is 1. The van der Waals surface area contributed by atoms with Crippen molar-refractivity contribution in [2.45, 2.75) is 63.8 Å². The van der Waals surface area contributed by atoms with Gasteiger partial charge in [-0.3, -0.25) is 4.98 Å². The van der Waals surface area contributed by atoms with Crippen LogP contribution in [0.15, 0.2) is 55.2 Å². The third-order valence-electron chi connectivity index (χ3n) is 6.71. The fourth-order valence-corrected chi connectivity index (χ4v) is 4.83. The standard InChI is InChI=1S/C28H32F3N5O2/c1-4-7-32-14-22-9-19-8-21(36-24(19)15-35-22)11-27(38,28(29,30)31)16-26(2,3)23-10-18(5-6-25(23)37)20-12-33-17-34-13-20/h5-6,8-10,12-13,15,17,32,36-38H,4,7,11,14,16H2,1-3H3. The molecule has 4 aromatic rings. The number of rotatable bonds is 10. The summed E-state index contributed by atoms with van der Waals surface area (Å²) in [6.45, 7) is 6.61. The zero-order valence-corrected chi connectivity index (χ0v) is 21.6. The minimum Gasteiger partial charge on any atom is -0.508 e. The van der Waals surface area contributed by atoms with Crippen LogP contribution in [0.25, 0.3) is 22.0 Å². The lowest BCUT2D eigenvalue weighted by Gasteiger charge is -2.38.